The molecule has 0 aliphatic heterocycles. The predicted molar refractivity (Wildman–Crippen MR) is 81.5 cm³/mol. The molecule has 1 heterocycles. The van der Waals surface area contributed by atoms with Crippen LogP contribution in [0.15, 0.2) is 24.3 Å². The lowest BCUT2D eigenvalue weighted by Gasteiger charge is -2.11. The Morgan fingerprint density at radius 3 is 2.67 bits per heavy atom. The highest BCUT2D eigenvalue weighted by Gasteiger charge is 2.06. The number of hydrogen-bond donors (Lipinski definition) is 2. The van der Waals surface area contributed by atoms with E-state index in [1.807, 2.05) is 13.0 Å². The number of nitriles is 1. The third kappa shape index (κ3) is 3.68. The molecule has 0 saturated heterocycles. The Morgan fingerprint density at radius 2 is 2.00 bits per heavy atom. The quantitative estimate of drug-likeness (QED) is 0.877. The summed E-state index contributed by atoms with van der Waals surface area (Å²) in [6.07, 6.45) is 0. The Morgan fingerprint density at radius 1 is 1.24 bits per heavy atom. The van der Waals surface area contributed by atoms with Crippen LogP contribution in [0.1, 0.15) is 17.0 Å². The molecule has 2 rings (SSSR count). The molecule has 0 bridgehead atoms. The van der Waals surface area contributed by atoms with Crippen molar-refractivity contribution in [3.05, 3.63) is 41.2 Å². The van der Waals surface area contributed by atoms with Crippen molar-refractivity contribution in [2.75, 3.05) is 24.8 Å². The van der Waals surface area contributed by atoms with E-state index >= 15 is 0 Å². The molecule has 0 aliphatic rings. The molecule has 0 atom stereocenters. The molecule has 2 aromatic rings. The minimum atomic E-state index is 0.335. The first-order valence-electron chi connectivity index (χ1n) is 6.48. The normalized spacial score (nSPS) is 10.0. The molecule has 6 nitrogen and oxygen atoms in total. The van der Waals surface area contributed by atoms with Crippen LogP contribution in [0.5, 0.6) is 0 Å². The van der Waals surface area contributed by atoms with Gasteiger partial charge in [0.2, 0.25) is 0 Å². The molecule has 2 N–H and O–H groups in total. The highest BCUT2D eigenvalue weighted by Crippen LogP contribution is 2.22. The number of nitrogens with one attached hydrogen (secondary N) is 2. The summed E-state index contributed by atoms with van der Waals surface area (Å²) in [5.74, 6) is 1.94. The van der Waals surface area contributed by atoms with Crippen molar-refractivity contribution >= 4 is 17.3 Å². The second kappa shape index (κ2) is 6.68. The predicted octanol–water partition coefficient (Wildman–Crippen LogP) is 2.59. The SMILES string of the molecule is CNc1cc(Nc2cc(C#N)ccc2C)nc(COC)n1. The van der Waals surface area contributed by atoms with E-state index in [2.05, 4.69) is 26.7 Å². The first kappa shape index (κ1) is 14.8. The number of methoxy groups -OCH3 is 1. The maximum atomic E-state index is 8.99. The molecule has 0 fully saturated rings. The molecule has 0 saturated carbocycles. The first-order chi connectivity index (χ1) is 10.2. The van der Waals surface area contributed by atoms with Crippen LogP contribution in [0, 0.1) is 18.3 Å². The highest BCUT2D eigenvalue weighted by atomic mass is 16.5. The molecule has 6 heteroatoms. The number of anilines is 3. The first-order valence-corrected chi connectivity index (χ1v) is 6.48. The maximum Gasteiger partial charge on any atom is 0.158 e. The molecule has 1 aromatic heterocycles. The molecule has 0 amide bonds. The van der Waals surface area contributed by atoms with Crippen molar-refractivity contribution in [2.45, 2.75) is 13.5 Å². The lowest BCUT2D eigenvalue weighted by molar-refractivity contribution is 0.178. The Balaban J connectivity index is 2.34. The summed E-state index contributed by atoms with van der Waals surface area (Å²) >= 11 is 0. The zero-order valence-corrected chi connectivity index (χ0v) is 12.3. The summed E-state index contributed by atoms with van der Waals surface area (Å²) in [6.45, 7) is 2.31. The average molecular weight is 283 g/mol. The van der Waals surface area contributed by atoms with Crippen molar-refractivity contribution < 1.29 is 4.74 Å². The molecule has 0 unspecified atom stereocenters. The van der Waals surface area contributed by atoms with Crippen molar-refractivity contribution in [3.63, 3.8) is 0 Å². The number of aromatic nitrogens is 2. The van der Waals surface area contributed by atoms with Crippen LogP contribution in [0.2, 0.25) is 0 Å². The van der Waals surface area contributed by atoms with E-state index in [4.69, 9.17) is 10.00 Å². The summed E-state index contributed by atoms with van der Waals surface area (Å²) in [5.41, 5.74) is 2.48. The second-order valence-corrected chi connectivity index (χ2v) is 4.50. The van der Waals surface area contributed by atoms with Crippen molar-refractivity contribution in [2.24, 2.45) is 0 Å². The van der Waals surface area contributed by atoms with Crippen LogP contribution >= 0.6 is 0 Å². The number of benzene rings is 1. The summed E-state index contributed by atoms with van der Waals surface area (Å²) in [7, 11) is 3.40. The van der Waals surface area contributed by atoms with Crippen molar-refractivity contribution in [1.82, 2.24) is 9.97 Å². The Bertz CT molecular complexity index is 678. The van der Waals surface area contributed by atoms with Gasteiger partial charge in [-0.05, 0) is 24.6 Å². The van der Waals surface area contributed by atoms with Crippen LogP contribution in [-0.4, -0.2) is 24.1 Å². The van der Waals surface area contributed by atoms with Gasteiger partial charge in [-0.15, -0.1) is 0 Å². The van der Waals surface area contributed by atoms with Gasteiger partial charge < -0.3 is 15.4 Å². The van der Waals surface area contributed by atoms with Gasteiger partial charge in [0.1, 0.15) is 18.2 Å². The van der Waals surface area contributed by atoms with Crippen LogP contribution in [0.25, 0.3) is 0 Å². The number of aryl methyl sites for hydroxylation is 1. The Hall–Kier alpha value is -2.65. The second-order valence-electron chi connectivity index (χ2n) is 4.50. The lowest BCUT2D eigenvalue weighted by atomic mass is 10.1. The summed E-state index contributed by atoms with van der Waals surface area (Å²) in [6, 6.07) is 9.42. The molecule has 1 aromatic carbocycles. The molecule has 108 valence electrons. The monoisotopic (exact) mass is 283 g/mol. The smallest absolute Gasteiger partial charge is 0.158 e. The van der Waals surface area contributed by atoms with E-state index in [0.717, 1.165) is 11.3 Å². The lowest BCUT2D eigenvalue weighted by Crippen LogP contribution is -2.05. The summed E-state index contributed by atoms with van der Waals surface area (Å²) in [4.78, 5) is 8.69. The van der Waals surface area contributed by atoms with E-state index in [1.54, 1.807) is 32.4 Å². The number of ether oxygens (including phenoxy) is 1. The van der Waals surface area contributed by atoms with Gasteiger partial charge >= 0.3 is 0 Å². The number of rotatable bonds is 5. The van der Waals surface area contributed by atoms with Gasteiger partial charge in [0, 0.05) is 25.9 Å². The molecule has 0 aliphatic carbocycles. The fourth-order valence-corrected chi connectivity index (χ4v) is 1.85. The minimum Gasteiger partial charge on any atom is -0.377 e. The Kier molecular flexibility index (Phi) is 4.69. The van der Waals surface area contributed by atoms with Gasteiger partial charge in [0.25, 0.3) is 0 Å². The molecule has 21 heavy (non-hydrogen) atoms. The largest absolute Gasteiger partial charge is 0.377 e. The summed E-state index contributed by atoms with van der Waals surface area (Å²) < 4.78 is 5.07. The topological polar surface area (TPSA) is 82.9 Å². The van der Waals surface area contributed by atoms with Crippen molar-refractivity contribution in [1.29, 1.82) is 5.26 Å². The zero-order chi connectivity index (χ0) is 15.2. The third-order valence-electron chi connectivity index (χ3n) is 2.93. The molecular weight excluding hydrogens is 266 g/mol. The maximum absolute atomic E-state index is 8.99. The van der Waals surface area contributed by atoms with E-state index in [0.29, 0.717) is 29.6 Å². The highest BCUT2D eigenvalue weighted by molar-refractivity contribution is 5.64. The van der Waals surface area contributed by atoms with Gasteiger partial charge in [-0.3, -0.25) is 0 Å². The zero-order valence-electron chi connectivity index (χ0n) is 12.3. The van der Waals surface area contributed by atoms with Crippen LogP contribution in [0.3, 0.4) is 0 Å². The minimum absolute atomic E-state index is 0.335. The van der Waals surface area contributed by atoms with E-state index in [-0.39, 0.29) is 0 Å². The van der Waals surface area contributed by atoms with E-state index < -0.39 is 0 Å². The van der Waals surface area contributed by atoms with Gasteiger partial charge in [-0.25, -0.2) is 9.97 Å². The van der Waals surface area contributed by atoms with Crippen LogP contribution in [0.4, 0.5) is 17.3 Å². The third-order valence-corrected chi connectivity index (χ3v) is 2.93. The van der Waals surface area contributed by atoms with Gasteiger partial charge in [0.15, 0.2) is 5.82 Å². The standard InChI is InChI=1S/C15H17N5O/c1-10-4-5-11(8-16)6-12(10)18-14-7-13(17-2)19-15(20-14)9-21-3/h4-7H,9H2,1-3H3,(H2,17,18,19,20). The summed E-state index contributed by atoms with van der Waals surface area (Å²) in [5, 5.41) is 15.2. The van der Waals surface area contributed by atoms with E-state index in [1.165, 1.54) is 0 Å². The van der Waals surface area contributed by atoms with Crippen LogP contribution < -0.4 is 10.6 Å². The van der Waals surface area contributed by atoms with Crippen molar-refractivity contribution in [3.8, 4) is 6.07 Å². The molecular formula is C15H17N5O. The van der Waals surface area contributed by atoms with E-state index in [9.17, 15) is 0 Å². The van der Waals surface area contributed by atoms with Gasteiger partial charge in [-0.2, -0.15) is 5.26 Å². The molecule has 0 radical (unpaired) electrons. The number of nitrogens with zero attached hydrogens (tertiary/aromatic N) is 3. The fraction of sp³-hybridized carbons (Fsp3) is 0.267. The van der Waals surface area contributed by atoms with Gasteiger partial charge in [0.05, 0.1) is 11.6 Å². The fourth-order valence-electron chi connectivity index (χ4n) is 1.85. The molecule has 0 spiro atoms. The van der Waals surface area contributed by atoms with Gasteiger partial charge in [-0.1, -0.05) is 6.07 Å². The Labute approximate surface area is 123 Å². The van der Waals surface area contributed by atoms with Crippen LogP contribution in [-0.2, 0) is 11.3 Å². The average Bonchev–Trinajstić information content (AvgIpc) is 2.49. The number of hydrogen-bond acceptors (Lipinski definition) is 6.